The highest BCUT2D eigenvalue weighted by atomic mass is 16.3. The lowest BCUT2D eigenvalue weighted by atomic mass is 9.86. The molecule has 2 unspecified atom stereocenters. The van der Waals surface area contributed by atoms with Gasteiger partial charge in [0.2, 0.25) is 0 Å². The molecule has 20 heavy (non-hydrogen) atoms. The highest BCUT2D eigenvalue weighted by Gasteiger charge is 2.32. The van der Waals surface area contributed by atoms with Gasteiger partial charge in [0.25, 0.3) is 0 Å². The first-order valence-corrected chi connectivity index (χ1v) is 7.90. The Balaban J connectivity index is 2.48. The molecule has 1 aliphatic heterocycles. The minimum atomic E-state index is -0.370. The molecule has 0 aromatic rings. The maximum atomic E-state index is 11.3. The lowest BCUT2D eigenvalue weighted by Crippen LogP contribution is -2.43. The second kappa shape index (κ2) is 8.11. The predicted molar refractivity (Wildman–Crippen MR) is 80.5 cm³/mol. The molecule has 0 spiro atoms. The zero-order valence-electron chi connectivity index (χ0n) is 13.2. The number of hydrogen-bond acceptors (Lipinski definition) is 4. The Bertz CT molecular complexity index is 289. The fraction of sp³-hybridized carbons (Fsp3) is 0.938. The zero-order valence-corrected chi connectivity index (χ0v) is 13.2. The Morgan fingerprint density at radius 3 is 2.50 bits per heavy atom. The highest BCUT2D eigenvalue weighted by Crippen LogP contribution is 2.29. The van der Waals surface area contributed by atoms with Crippen LogP contribution in [0.25, 0.3) is 0 Å². The van der Waals surface area contributed by atoms with Crippen LogP contribution in [0.3, 0.4) is 0 Å². The molecule has 0 aliphatic carbocycles. The van der Waals surface area contributed by atoms with Gasteiger partial charge in [0.15, 0.2) is 0 Å². The Kier molecular flexibility index (Phi) is 7.13. The van der Waals surface area contributed by atoms with Gasteiger partial charge in [-0.05, 0) is 38.1 Å². The van der Waals surface area contributed by atoms with Crippen LogP contribution in [0.15, 0.2) is 0 Å². The molecular formula is C16H31NO3. The van der Waals surface area contributed by atoms with Gasteiger partial charge in [-0.3, -0.25) is 4.90 Å². The number of aliphatic hydroxyl groups is 2. The summed E-state index contributed by atoms with van der Waals surface area (Å²) in [6, 6.07) is 0.513. The zero-order chi connectivity index (χ0) is 15.2. The molecule has 0 amide bonds. The summed E-state index contributed by atoms with van der Waals surface area (Å²) >= 11 is 0. The van der Waals surface area contributed by atoms with E-state index in [-0.39, 0.29) is 24.7 Å². The van der Waals surface area contributed by atoms with Gasteiger partial charge in [-0.15, -0.1) is 0 Å². The first-order chi connectivity index (χ1) is 9.47. The van der Waals surface area contributed by atoms with Crippen LogP contribution in [-0.4, -0.2) is 53.2 Å². The minimum absolute atomic E-state index is 0.0286. The number of rotatable bonds is 9. The lowest BCUT2D eigenvalue weighted by molar-refractivity contribution is -0.114. The second-order valence-corrected chi connectivity index (χ2v) is 6.92. The van der Waals surface area contributed by atoms with Crippen LogP contribution in [0.5, 0.6) is 0 Å². The fourth-order valence-corrected chi connectivity index (χ4v) is 3.15. The number of aliphatic hydroxyl groups excluding tert-OH is 2. The summed E-state index contributed by atoms with van der Waals surface area (Å²) in [4.78, 5) is 13.7. The van der Waals surface area contributed by atoms with Crippen molar-refractivity contribution in [2.75, 3.05) is 19.8 Å². The van der Waals surface area contributed by atoms with Crippen molar-refractivity contribution in [2.24, 2.45) is 11.3 Å². The first-order valence-electron chi connectivity index (χ1n) is 7.90. The van der Waals surface area contributed by atoms with Crippen molar-refractivity contribution >= 4 is 6.29 Å². The predicted octanol–water partition coefficient (Wildman–Crippen LogP) is 1.84. The normalized spacial score (nSPS) is 22.4. The van der Waals surface area contributed by atoms with E-state index in [1.54, 1.807) is 0 Å². The quantitative estimate of drug-likeness (QED) is 0.635. The van der Waals surface area contributed by atoms with Crippen LogP contribution in [0, 0.1) is 11.3 Å². The first kappa shape index (κ1) is 17.6. The van der Waals surface area contributed by atoms with E-state index in [9.17, 15) is 15.0 Å². The summed E-state index contributed by atoms with van der Waals surface area (Å²) < 4.78 is 0. The SMILES string of the molecule is CC(C)C(C=O)N1CCCC1CCCC(C)(CO)CO. The van der Waals surface area contributed by atoms with E-state index in [4.69, 9.17) is 0 Å². The van der Waals surface area contributed by atoms with Gasteiger partial charge in [-0.2, -0.15) is 0 Å². The molecule has 0 aromatic carbocycles. The Hall–Kier alpha value is -0.450. The summed E-state index contributed by atoms with van der Waals surface area (Å²) in [5, 5.41) is 18.6. The summed E-state index contributed by atoms with van der Waals surface area (Å²) in [6.07, 6.45) is 6.28. The maximum Gasteiger partial charge on any atom is 0.137 e. The number of carbonyl (C=O) groups is 1. The number of carbonyl (C=O) groups excluding carboxylic acids is 1. The fourth-order valence-electron chi connectivity index (χ4n) is 3.15. The van der Waals surface area contributed by atoms with Crippen LogP contribution in [0.4, 0.5) is 0 Å². The summed E-state index contributed by atoms with van der Waals surface area (Å²) in [5.74, 6) is 0.355. The Labute approximate surface area is 123 Å². The van der Waals surface area contributed by atoms with Crippen LogP contribution >= 0.6 is 0 Å². The molecule has 118 valence electrons. The summed E-state index contributed by atoms with van der Waals surface area (Å²) in [6.45, 7) is 7.19. The van der Waals surface area contributed by atoms with Gasteiger partial charge in [0.05, 0.1) is 19.3 Å². The number of aldehydes is 1. The third-order valence-electron chi connectivity index (χ3n) is 4.71. The van der Waals surface area contributed by atoms with Crippen molar-refractivity contribution in [3.63, 3.8) is 0 Å². The molecule has 0 bridgehead atoms. The number of hydrogen-bond donors (Lipinski definition) is 2. The summed E-state index contributed by atoms with van der Waals surface area (Å²) in [7, 11) is 0. The topological polar surface area (TPSA) is 60.8 Å². The molecule has 0 radical (unpaired) electrons. The molecule has 1 heterocycles. The number of nitrogens with zero attached hydrogens (tertiary/aromatic N) is 1. The van der Waals surface area contributed by atoms with Crippen molar-refractivity contribution in [1.29, 1.82) is 0 Å². The third-order valence-corrected chi connectivity index (χ3v) is 4.71. The monoisotopic (exact) mass is 285 g/mol. The highest BCUT2D eigenvalue weighted by molar-refractivity contribution is 5.58. The summed E-state index contributed by atoms with van der Waals surface area (Å²) in [5.41, 5.74) is -0.370. The van der Waals surface area contributed by atoms with Crippen LogP contribution < -0.4 is 0 Å². The van der Waals surface area contributed by atoms with Crippen molar-refractivity contribution in [1.82, 2.24) is 4.90 Å². The molecule has 1 rings (SSSR count). The Morgan fingerprint density at radius 1 is 1.35 bits per heavy atom. The van der Waals surface area contributed by atoms with Gasteiger partial charge in [0, 0.05) is 11.5 Å². The molecule has 2 N–H and O–H groups in total. The molecule has 4 nitrogen and oxygen atoms in total. The maximum absolute atomic E-state index is 11.3. The van der Waals surface area contributed by atoms with Crippen molar-refractivity contribution in [3.8, 4) is 0 Å². The molecule has 0 saturated carbocycles. The van der Waals surface area contributed by atoms with E-state index >= 15 is 0 Å². The molecular weight excluding hydrogens is 254 g/mol. The van der Waals surface area contributed by atoms with Gasteiger partial charge in [-0.1, -0.05) is 27.2 Å². The van der Waals surface area contributed by atoms with Crippen LogP contribution in [0.2, 0.25) is 0 Å². The Morgan fingerprint density at radius 2 is 2.00 bits per heavy atom. The van der Waals surface area contributed by atoms with Crippen LogP contribution in [-0.2, 0) is 4.79 Å². The van der Waals surface area contributed by atoms with E-state index in [1.807, 2.05) is 6.92 Å². The van der Waals surface area contributed by atoms with E-state index in [0.29, 0.717) is 12.0 Å². The number of likely N-dealkylation sites (tertiary alicyclic amines) is 1. The molecule has 1 fully saturated rings. The van der Waals surface area contributed by atoms with Crippen molar-refractivity contribution in [2.45, 2.75) is 65.0 Å². The van der Waals surface area contributed by atoms with Gasteiger partial charge in [-0.25, -0.2) is 0 Å². The molecule has 4 heteroatoms. The van der Waals surface area contributed by atoms with E-state index in [1.165, 1.54) is 6.42 Å². The lowest BCUT2D eigenvalue weighted by Gasteiger charge is -2.33. The van der Waals surface area contributed by atoms with Gasteiger partial charge in [0.1, 0.15) is 6.29 Å². The second-order valence-electron chi connectivity index (χ2n) is 6.92. The van der Waals surface area contributed by atoms with Crippen molar-refractivity contribution < 1.29 is 15.0 Å². The van der Waals surface area contributed by atoms with E-state index < -0.39 is 0 Å². The van der Waals surface area contributed by atoms with Crippen LogP contribution in [0.1, 0.15) is 52.9 Å². The van der Waals surface area contributed by atoms with Gasteiger partial charge < -0.3 is 15.0 Å². The molecule has 2 atom stereocenters. The molecule has 0 aromatic heterocycles. The molecule has 1 aliphatic rings. The standard InChI is InChI=1S/C16H31NO3/c1-13(2)15(10-18)17-9-5-7-14(17)6-4-8-16(3,11-19)12-20/h10,13-15,19-20H,4-9,11-12H2,1-3H3. The van der Waals surface area contributed by atoms with Gasteiger partial charge >= 0.3 is 0 Å². The minimum Gasteiger partial charge on any atom is -0.396 e. The van der Waals surface area contributed by atoms with E-state index in [2.05, 4.69) is 18.7 Å². The largest absolute Gasteiger partial charge is 0.396 e. The average molecular weight is 285 g/mol. The smallest absolute Gasteiger partial charge is 0.137 e. The average Bonchev–Trinajstić information content (AvgIpc) is 2.87. The third kappa shape index (κ3) is 4.54. The van der Waals surface area contributed by atoms with Crippen molar-refractivity contribution in [3.05, 3.63) is 0 Å². The van der Waals surface area contributed by atoms with E-state index in [0.717, 1.165) is 38.5 Å². The molecule has 1 saturated heterocycles.